The van der Waals surface area contributed by atoms with Crippen LogP contribution in [0.4, 0.5) is 5.69 Å². The van der Waals surface area contributed by atoms with Crippen LogP contribution in [0.15, 0.2) is 48.5 Å². The van der Waals surface area contributed by atoms with Crippen molar-refractivity contribution in [2.75, 3.05) is 38.2 Å². The van der Waals surface area contributed by atoms with Gasteiger partial charge in [-0.15, -0.1) is 0 Å². The molecule has 1 saturated heterocycles. The highest BCUT2D eigenvalue weighted by Gasteiger charge is 2.24. The molecule has 0 atom stereocenters. The Bertz CT molecular complexity index is 763. The van der Waals surface area contributed by atoms with Gasteiger partial charge in [-0.25, -0.2) is 0 Å². The lowest BCUT2D eigenvalue weighted by molar-refractivity contribution is 0.0742. The van der Waals surface area contributed by atoms with Crippen molar-refractivity contribution in [3.63, 3.8) is 0 Å². The van der Waals surface area contributed by atoms with Gasteiger partial charge in [0.25, 0.3) is 5.91 Å². The number of carbonyl (C=O) groups is 2. The Hall–Kier alpha value is -2.82. The quantitative estimate of drug-likeness (QED) is 0.805. The first-order chi connectivity index (χ1) is 12.1. The highest BCUT2D eigenvalue weighted by molar-refractivity contribution is 6.07. The van der Waals surface area contributed by atoms with E-state index < -0.39 is 0 Å². The van der Waals surface area contributed by atoms with Gasteiger partial charge in [-0.2, -0.15) is 0 Å². The Labute approximate surface area is 147 Å². The number of piperazine rings is 1. The average molecular weight is 338 g/mol. The lowest BCUT2D eigenvalue weighted by atomic mass is 10.0. The second-order valence-corrected chi connectivity index (χ2v) is 6.08. The summed E-state index contributed by atoms with van der Waals surface area (Å²) in [6, 6.07) is 15.0. The molecule has 0 saturated carbocycles. The third-order valence-corrected chi connectivity index (χ3v) is 4.54. The molecule has 0 bridgehead atoms. The molecule has 0 aliphatic carbocycles. The summed E-state index contributed by atoms with van der Waals surface area (Å²) in [6.07, 6.45) is 0. The number of carbonyl (C=O) groups excluding carboxylic acids is 2. The number of ether oxygens (including phenoxy) is 1. The Kier molecular flexibility index (Phi) is 5.03. The van der Waals surface area contributed by atoms with Gasteiger partial charge in [-0.3, -0.25) is 9.59 Å². The van der Waals surface area contributed by atoms with E-state index in [1.807, 2.05) is 29.2 Å². The minimum atomic E-state index is -0.0826. The first-order valence-electron chi connectivity index (χ1n) is 8.38. The van der Waals surface area contributed by atoms with E-state index in [-0.39, 0.29) is 11.7 Å². The molecule has 0 radical (unpaired) electrons. The molecule has 2 aromatic rings. The third-order valence-electron chi connectivity index (χ3n) is 4.54. The second-order valence-electron chi connectivity index (χ2n) is 6.08. The highest BCUT2D eigenvalue weighted by atomic mass is 16.5. The summed E-state index contributed by atoms with van der Waals surface area (Å²) in [7, 11) is 1.65. The van der Waals surface area contributed by atoms with E-state index in [0.29, 0.717) is 24.2 Å². The van der Waals surface area contributed by atoms with E-state index in [1.54, 1.807) is 31.4 Å². The predicted octanol–water partition coefficient (Wildman–Crippen LogP) is 2.86. The van der Waals surface area contributed by atoms with Crippen molar-refractivity contribution in [2.24, 2.45) is 0 Å². The molecule has 1 aliphatic rings. The molecule has 1 heterocycles. The molecular formula is C20H22N2O3. The Morgan fingerprint density at radius 3 is 2.04 bits per heavy atom. The van der Waals surface area contributed by atoms with Crippen molar-refractivity contribution in [3.05, 3.63) is 59.7 Å². The number of Topliss-reactive ketones (excluding diaryl/α,β-unsaturated/α-hetero) is 1. The van der Waals surface area contributed by atoms with E-state index in [0.717, 1.165) is 24.5 Å². The van der Waals surface area contributed by atoms with Gasteiger partial charge in [0.1, 0.15) is 5.75 Å². The van der Waals surface area contributed by atoms with Crippen molar-refractivity contribution in [1.29, 1.82) is 0 Å². The van der Waals surface area contributed by atoms with Crippen LogP contribution < -0.4 is 9.64 Å². The van der Waals surface area contributed by atoms with Gasteiger partial charge in [0.15, 0.2) is 5.78 Å². The van der Waals surface area contributed by atoms with Crippen LogP contribution in [0.2, 0.25) is 0 Å². The van der Waals surface area contributed by atoms with Crippen molar-refractivity contribution in [2.45, 2.75) is 6.92 Å². The molecule has 0 unspecified atom stereocenters. The molecule has 5 nitrogen and oxygen atoms in total. The maximum Gasteiger partial charge on any atom is 0.254 e. The van der Waals surface area contributed by atoms with Crippen LogP contribution in [0, 0.1) is 0 Å². The molecule has 1 fully saturated rings. The summed E-state index contributed by atoms with van der Waals surface area (Å²) < 4.78 is 5.19. The summed E-state index contributed by atoms with van der Waals surface area (Å²) >= 11 is 0. The van der Waals surface area contributed by atoms with Gasteiger partial charge in [-0.05, 0) is 37.3 Å². The lowest BCUT2D eigenvalue weighted by Gasteiger charge is -2.36. The third kappa shape index (κ3) is 3.65. The molecule has 0 N–H and O–H groups in total. The largest absolute Gasteiger partial charge is 0.497 e. The fraction of sp³-hybridized carbons (Fsp3) is 0.300. The average Bonchev–Trinajstić information content (AvgIpc) is 2.67. The zero-order valence-corrected chi connectivity index (χ0v) is 14.6. The van der Waals surface area contributed by atoms with Crippen LogP contribution in [-0.4, -0.2) is 49.9 Å². The summed E-state index contributed by atoms with van der Waals surface area (Å²) in [5, 5.41) is 0. The van der Waals surface area contributed by atoms with Crippen LogP contribution in [0.25, 0.3) is 0 Å². The monoisotopic (exact) mass is 338 g/mol. The minimum absolute atomic E-state index is 0.0693. The number of nitrogens with zero attached hydrogens (tertiary/aromatic N) is 2. The molecule has 2 aromatic carbocycles. The molecular weight excluding hydrogens is 316 g/mol. The molecule has 5 heteroatoms. The fourth-order valence-electron chi connectivity index (χ4n) is 3.11. The van der Waals surface area contributed by atoms with Crippen molar-refractivity contribution in [1.82, 2.24) is 4.90 Å². The van der Waals surface area contributed by atoms with Crippen LogP contribution in [-0.2, 0) is 0 Å². The standard InChI is InChI=1S/C20H22N2O3/c1-15(23)18-5-3-4-6-19(18)20(24)22-13-11-21(12-14-22)16-7-9-17(25-2)10-8-16/h3-10H,11-14H2,1-2H3. The van der Waals surface area contributed by atoms with Crippen LogP contribution in [0.3, 0.4) is 0 Å². The summed E-state index contributed by atoms with van der Waals surface area (Å²) in [6.45, 7) is 4.29. The number of benzene rings is 2. The van der Waals surface area contributed by atoms with Crippen LogP contribution >= 0.6 is 0 Å². The zero-order valence-electron chi connectivity index (χ0n) is 14.6. The summed E-state index contributed by atoms with van der Waals surface area (Å²) in [4.78, 5) is 28.6. The molecule has 25 heavy (non-hydrogen) atoms. The Morgan fingerprint density at radius 1 is 0.880 bits per heavy atom. The van der Waals surface area contributed by atoms with Gasteiger partial charge in [0.05, 0.1) is 12.7 Å². The second kappa shape index (κ2) is 7.38. The maximum absolute atomic E-state index is 12.8. The number of hydrogen-bond acceptors (Lipinski definition) is 4. The fourth-order valence-corrected chi connectivity index (χ4v) is 3.11. The topological polar surface area (TPSA) is 49.9 Å². The van der Waals surface area contributed by atoms with Crippen molar-refractivity contribution >= 4 is 17.4 Å². The number of rotatable bonds is 4. The van der Waals surface area contributed by atoms with E-state index >= 15 is 0 Å². The predicted molar refractivity (Wildman–Crippen MR) is 97.6 cm³/mol. The van der Waals surface area contributed by atoms with Crippen LogP contribution in [0.5, 0.6) is 5.75 Å². The normalized spacial score (nSPS) is 14.3. The van der Waals surface area contributed by atoms with Gasteiger partial charge in [0, 0.05) is 37.4 Å². The van der Waals surface area contributed by atoms with Gasteiger partial charge >= 0.3 is 0 Å². The SMILES string of the molecule is COc1ccc(N2CCN(C(=O)c3ccccc3C(C)=O)CC2)cc1. The first-order valence-corrected chi connectivity index (χ1v) is 8.38. The highest BCUT2D eigenvalue weighted by Crippen LogP contribution is 2.21. The Balaban J connectivity index is 1.67. The minimum Gasteiger partial charge on any atom is -0.497 e. The lowest BCUT2D eigenvalue weighted by Crippen LogP contribution is -2.49. The maximum atomic E-state index is 12.8. The van der Waals surface area contributed by atoms with Gasteiger partial charge in [0.2, 0.25) is 0 Å². The molecule has 1 aliphatic heterocycles. The van der Waals surface area contributed by atoms with E-state index in [2.05, 4.69) is 4.90 Å². The number of amides is 1. The summed E-state index contributed by atoms with van der Waals surface area (Å²) in [5.74, 6) is 0.680. The van der Waals surface area contributed by atoms with E-state index in [1.165, 1.54) is 6.92 Å². The number of hydrogen-bond donors (Lipinski definition) is 0. The van der Waals surface area contributed by atoms with Gasteiger partial charge in [-0.1, -0.05) is 18.2 Å². The smallest absolute Gasteiger partial charge is 0.254 e. The number of methoxy groups -OCH3 is 1. The number of anilines is 1. The van der Waals surface area contributed by atoms with Crippen LogP contribution in [0.1, 0.15) is 27.6 Å². The van der Waals surface area contributed by atoms with E-state index in [4.69, 9.17) is 4.74 Å². The first kappa shape index (κ1) is 17.0. The number of ketones is 1. The van der Waals surface area contributed by atoms with E-state index in [9.17, 15) is 9.59 Å². The molecule has 130 valence electrons. The van der Waals surface area contributed by atoms with Crippen molar-refractivity contribution < 1.29 is 14.3 Å². The molecule has 0 spiro atoms. The molecule has 0 aromatic heterocycles. The van der Waals surface area contributed by atoms with Crippen molar-refractivity contribution in [3.8, 4) is 5.75 Å². The Morgan fingerprint density at radius 2 is 1.48 bits per heavy atom. The zero-order chi connectivity index (χ0) is 17.8. The van der Waals surface area contributed by atoms with Gasteiger partial charge < -0.3 is 14.5 Å². The molecule has 3 rings (SSSR count). The summed E-state index contributed by atoms with van der Waals surface area (Å²) in [5.41, 5.74) is 2.11. The molecule has 1 amide bonds.